The molecule has 0 aliphatic heterocycles. The van der Waals surface area contributed by atoms with Crippen molar-refractivity contribution in [2.24, 2.45) is 0 Å². The number of pyridine rings is 1. The van der Waals surface area contributed by atoms with Gasteiger partial charge < -0.3 is 5.73 Å². The highest BCUT2D eigenvalue weighted by Gasteiger charge is 2.14. The van der Waals surface area contributed by atoms with E-state index in [0.717, 1.165) is 0 Å². The lowest BCUT2D eigenvalue weighted by atomic mass is 10.1. The Bertz CT molecular complexity index is 785. The van der Waals surface area contributed by atoms with Crippen LogP contribution in [0.25, 0.3) is 11.5 Å². The molecule has 110 valence electrons. The van der Waals surface area contributed by atoms with Crippen LogP contribution >= 0.6 is 11.6 Å². The van der Waals surface area contributed by atoms with Gasteiger partial charge in [-0.05, 0) is 23.8 Å². The van der Waals surface area contributed by atoms with E-state index in [1.165, 1.54) is 6.07 Å². The lowest BCUT2D eigenvalue weighted by Crippen LogP contribution is -2.05. The van der Waals surface area contributed by atoms with Crippen molar-refractivity contribution in [3.05, 3.63) is 70.8 Å². The van der Waals surface area contributed by atoms with E-state index >= 15 is 0 Å². The van der Waals surface area contributed by atoms with Gasteiger partial charge in [0.05, 0.1) is 0 Å². The largest absolute Gasteiger partial charge is 0.383 e. The van der Waals surface area contributed by atoms with Crippen LogP contribution < -0.4 is 5.73 Å². The predicted octanol–water partition coefficient (Wildman–Crippen LogP) is 3.50. The second-order valence-corrected chi connectivity index (χ2v) is 5.04. The zero-order chi connectivity index (χ0) is 15.5. The van der Waals surface area contributed by atoms with Gasteiger partial charge in [-0.25, -0.2) is 14.4 Å². The van der Waals surface area contributed by atoms with Gasteiger partial charge in [0, 0.05) is 18.2 Å². The average molecular weight is 315 g/mol. The first-order valence-corrected chi connectivity index (χ1v) is 6.99. The first kappa shape index (κ1) is 14.4. The highest BCUT2D eigenvalue weighted by atomic mass is 35.5. The Morgan fingerprint density at radius 3 is 2.50 bits per heavy atom. The Hall–Kier alpha value is -2.53. The summed E-state index contributed by atoms with van der Waals surface area (Å²) in [5, 5.41) is 0.205. The van der Waals surface area contributed by atoms with E-state index in [9.17, 15) is 4.39 Å². The van der Waals surface area contributed by atoms with Gasteiger partial charge in [0.2, 0.25) is 0 Å². The molecule has 0 aliphatic carbocycles. The zero-order valence-corrected chi connectivity index (χ0v) is 12.3. The van der Waals surface area contributed by atoms with Crippen molar-refractivity contribution in [3.63, 3.8) is 0 Å². The Kier molecular flexibility index (Phi) is 3.98. The number of aromatic nitrogens is 3. The molecule has 0 aliphatic rings. The molecule has 0 bridgehead atoms. The normalized spacial score (nSPS) is 10.6. The minimum absolute atomic E-state index is 0.205. The van der Waals surface area contributed by atoms with E-state index in [1.807, 2.05) is 6.07 Å². The van der Waals surface area contributed by atoms with Crippen LogP contribution in [0.5, 0.6) is 0 Å². The van der Waals surface area contributed by atoms with Crippen LogP contribution in [0, 0.1) is 5.82 Å². The maximum atomic E-state index is 13.7. The molecule has 0 radical (unpaired) electrons. The molecular weight excluding hydrogens is 303 g/mol. The number of rotatable bonds is 3. The van der Waals surface area contributed by atoms with Crippen LogP contribution in [0.4, 0.5) is 10.2 Å². The van der Waals surface area contributed by atoms with Gasteiger partial charge in [-0.15, -0.1) is 0 Å². The Morgan fingerprint density at radius 2 is 1.82 bits per heavy atom. The van der Waals surface area contributed by atoms with E-state index in [4.69, 9.17) is 17.3 Å². The van der Waals surface area contributed by atoms with Crippen LogP contribution in [0.15, 0.2) is 48.7 Å². The smallest absolute Gasteiger partial charge is 0.181 e. The molecule has 3 rings (SSSR count). The summed E-state index contributed by atoms with van der Waals surface area (Å²) in [6.45, 7) is 0. The molecule has 2 N–H and O–H groups in total. The van der Waals surface area contributed by atoms with Gasteiger partial charge in [0.15, 0.2) is 5.82 Å². The molecule has 0 unspecified atom stereocenters. The first-order chi connectivity index (χ1) is 10.6. The van der Waals surface area contributed by atoms with Crippen LogP contribution in [0.3, 0.4) is 0 Å². The third-order valence-corrected chi connectivity index (χ3v) is 3.52. The monoisotopic (exact) mass is 314 g/mol. The molecule has 6 heteroatoms. The van der Waals surface area contributed by atoms with E-state index in [2.05, 4.69) is 15.0 Å². The molecule has 22 heavy (non-hydrogen) atoms. The summed E-state index contributed by atoms with van der Waals surface area (Å²) in [6.07, 6.45) is 1.87. The van der Waals surface area contributed by atoms with Crippen molar-refractivity contribution >= 4 is 17.4 Å². The highest BCUT2D eigenvalue weighted by Crippen LogP contribution is 2.26. The minimum atomic E-state index is -0.313. The number of benzene rings is 1. The topological polar surface area (TPSA) is 64.7 Å². The second kappa shape index (κ2) is 6.07. The Balaban J connectivity index is 1.99. The van der Waals surface area contributed by atoms with E-state index in [-0.39, 0.29) is 23.2 Å². The molecule has 0 saturated heterocycles. The minimum Gasteiger partial charge on any atom is -0.383 e. The third kappa shape index (κ3) is 2.89. The van der Waals surface area contributed by atoms with Gasteiger partial charge >= 0.3 is 0 Å². The molecular formula is C16H12ClFN4. The third-order valence-electron chi connectivity index (χ3n) is 3.21. The summed E-state index contributed by atoms with van der Waals surface area (Å²) < 4.78 is 13.7. The molecule has 2 heterocycles. The van der Waals surface area contributed by atoms with Gasteiger partial charge in [0.1, 0.15) is 22.5 Å². The second-order valence-electron chi connectivity index (χ2n) is 4.68. The molecule has 0 saturated carbocycles. The molecule has 4 nitrogen and oxygen atoms in total. The summed E-state index contributed by atoms with van der Waals surface area (Å²) >= 11 is 6.21. The quantitative estimate of drug-likeness (QED) is 0.751. The zero-order valence-electron chi connectivity index (χ0n) is 11.5. The van der Waals surface area contributed by atoms with Gasteiger partial charge in [0.25, 0.3) is 0 Å². The van der Waals surface area contributed by atoms with Gasteiger partial charge in [-0.2, -0.15) is 0 Å². The molecule has 3 aromatic rings. The Labute approximate surface area is 131 Å². The summed E-state index contributed by atoms with van der Waals surface area (Å²) in [4.78, 5) is 12.6. The standard InChI is InChI=1S/C16H12ClFN4/c17-14-11(9-10-5-1-2-6-12(10)18)15(19)22-16(21-14)13-7-3-4-8-20-13/h1-8H,9H2,(H2,19,21,22). The van der Waals surface area contributed by atoms with Crippen LogP contribution in [0.2, 0.25) is 5.15 Å². The number of halogens is 2. The summed E-state index contributed by atoms with van der Waals surface area (Å²) in [5.41, 5.74) is 7.55. The molecule has 0 fully saturated rings. The number of hydrogen-bond donors (Lipinski definition) is 1. The first-order valence-electron chi connectivity index (χ1n) is 6.62. The number of nitrogens with zero attached hydrogens (tertiary/aromatic N) is 3. The predicted molar refractivity (Wildman–Crippen MR) is 83.9 cm³/mol. The van der Waals surface area contributed by atoms with E-state index in [1.54, 1.807) is 36.5 Å². The molecule has 2 aromatic heterocycles. The summed E-state index contributed by atoms with van der Waals surface area (Å²) in [7, 11) is 0. The van der Waals surface area contributed by atoms with Gasteiger partial charge in [-0.3, -0.25) is 4.98 Å². The maximum absolute atomic E-state index is 13.7. The van der Waals surface area contributed by atoms with Gasteiger partial charge in [-0.1, -0.05) is 35.9 Å². The van der Waals surface area contributed by atoms with Crippen LogP contribution in [0.1, 0.15) is 11.1 Å². The van der Waals surface area contributed by atoms with Crippen molar-refractivity contribution in [1.82, 2.24) is 15.0 Å². The summed E-state index contributed by atoms with van der Waals surface area (Å²) in [5.74, 6) is 0.260. The molecule has 1 aromatic carbocycles. The number of nitrogen functional groups attached to an aromatic ring is 1. The van der Waals surface area contributed by atoms with E-state index < -0.39 is 0 Å². The van der Waals surface area contributed by atoms with Crippen molar-refractivity contribution in [1.29, 1.82) is 0 Å². The number of hydrogen-bond acceptors (Lipinski definition) is 4. The molecule has 0 amide bonds. The SMILES string of the molecule is Nc1nc(-c2ccccn2)nc(Cl)c1Cc1ccccc1F. The lowest BCUT2D eigenvalue weighted by Gasteiger charge is -2.09. The fraction of sp³-hybridized carbons (Fsp3) is 0.0625. The average Bonchev–Trinajstić information content (AvgIpc) is 2.53. The lowest BCUT2D eigenvalue weighted by molar-refractivity contribution is 0.614. The summed E-state index contributed by atoms with van der Waals surface area (Å²) in [6, 6.07) is 11.8. The number of nitrogens with two attached hydrogens (primary N) is 1. The van der Waals surface area contributed by atoms with Crippen molar-refractivity contribution in [2.75, 3.05) is 5.73 Å². The maximum Gasteiger partial charge on any atom is 0.181 e. The molecule has 0 spiro atoms. The van der Waals surface area contributed by atoms with Crippen molar-refractivity contribution in [3.8, 4) is 11.5 Å². The molecule has 0 atom stereocenters. The Morgan fingerprint density at radius 1 is 1.05 bits per heavy atom. The van der Waals surface area contributed by atoms with Crippen LogP contribution in [-0.4, -0.2) is 15.0 Å². The fourth-order valence-electron chi connectivity index (χ4n) is 2.08. The van der Waals surface area contributed by atoms with Crippen molar-refractivity contribution in [2.45, 2.75) is 6.42 Å². The van der Waals surface area contributed by atoms with E-state index in [0.29, 0.717) is 22.6 Å². The van der Waals surface area contributed by atoms with Crippen molar-refractivity contribution < 1.29 is 4.39 Å². The fourth-order valence-corrected chi connectivity index (χ4v) is 2.32. The number of anilines is 1. The highest BCUT2D eigenvalue weighted by molar-refractivity contribution is 6.30. The van der Waals surface area contributed by atoms with Crippen LogP contribution in [-0.2, 0) is 6.42 Å².